The summed E-state index contributed by atoms with van der Waals surface area (Å²) in [7, 11) is 0. The molecule has 1 saturated heterocycles. The van der Waals surface area contributed by atoms with E-state index in [-0.39, 0.29) is 24.4 Å². The Labute approximate surface area is 133 Å². The predicted molar refractivity (Wildman–Crippen MR) is 90.1 cm³/mol. The van der Waals surface area contributed by atoms with E-state index in [2.05, 4.69) is 30.1 Å². The topological polar surface area (TPSA) is 58.4 Å². The Morgan fingerprint density at radius 1 is 1.48 bits per heavy atom. The van der Waals surface area contributed by atoms with Crippen LogP contribution < -0.4 is 11.1 Å². The number of likely N-dealkylation sites (tertiary alicyclic amines) is 1. The van der Waals surface area contributed by atoms with Gasteiger partial charge in [0.15, 0.2) is 0 Å². The maximum atomic E-state index is 12.1. The lowest BCUT2D eigenvalue weighted by Crippen LogP contribution is -2.45. The molecule has 1 atom stereocenters. The standard InChI is InChI=1S/C16H25N3O.ClH/c1-12(2)13-5-3-7-15(9-13)18-16(20)11-19-8-4-6-14(17)10-19;/h3,5,7,9,12,14H,4,6,8,10-11,17H2,1-2H3,(H,18,20);1H/t14-;/m1./s1. The van der Waals surface area contributed by atoms with Crippen molar-refractivity contribution in [2.75, 3.05) is 25.0 Å². The van der Waals surface area contributed by atoms with Crippen LogP contribution in [0.3, 0.4) is 0 Å². The quantitative estimate of drug-likeness (QED) is 0.898. The number of benzene rings is 1. The molecular formula is C16H26ClN3O. The van der Waals surface area contributed by atoms with Gasteiger partial charge in [0.1, 0.15) is 0 Å². The van der Waals surface area contributed by atoms with Crippen molar-refractivity contribution < 1.29 is 4.79 Å². The van der Waals surface area contributed by atoms with E-state index in [1.807, 2.05) is 18.2 Å². The van der Waals surface area contributed by atoms with Crippen LogP contribution in [0, 0.1) is 0 Å². The number of carbonyl (C=O) groups excluding carboxylic acids is 1. The van der Waals surface area contributed by atoms with Crippen LogP contribution in [0.1, 0.15) is 38.2 Å². The maximum Gasteiger partial charge on any atom is 0.238 e. The molecule has 5 heteroatoms. The molecule has 1 aromatic rings. The third kappa shape index (κ3) is 5.65. The van der Waals surface area contributed by atoms with Gasteiger partial charge in [0.2, 0.25) is 5.91 Å². The zero-order valence-electron chi connectivity index (χ0n) is 12.8. The van der Waals surface area contributed by atoms with Gasteiger partial charge in [0, 0.05) is 18.3 Å². The largest absolute Gasteiger partial charge is 0.327 e. The van der Waals surface area contributed by atoms with Gasteiger partial charge in [-0.2, -0.15) is 0 Å². The zero-order chi connectivity index (χ0) is 14.5. The van der Waals surface area contributed by atoms with E-state index in [9.17, 15) is 4.79 Å². The van der Waals surface area contributed by atoms with Crippen LogP contribution in [0.5, 0.6) is 0 Å². The van der Waals surface area contributed by atoms with Gasteiger partial charge in [-0.1, -0.05) is 26.0 Å². The molecule has 1 amide bonds. The van der Waals surface area contributed by atoms with Crippen molar-refractivity contribution in [2.24, 2.45) is 5.73 Å². The third-order valence-corrected chi connectivity index (χ3v) is 3.75. The second-order valence-electron chi connectivity index (χ2n) is 5.97. The lowest BCUT2D eigenvalue weighted by molar-refractivity contribution is -0.117. The number of nitrogens with two attached hydrogens (primary N) is 1. The number of hydrogen-bond acceptors (Lipinski definition) is 3. The van der Waals surface area contributed by atoms with E-state index in [0.717, 1.165) is 31.6 Å². The van der Waals surface area contributed by atoms with Gasteiger partial charge < -0.3 is 11.1 Å². The van der Waals surface area contributed by atoms with Gasteiger partial charge in [0.05, 0.1) is 6.54 Å². The minimum Gasteiger partial charge on any atom is -0.327 e. The Balaban J connectivity index is 0.00000220. The highest BCUT2D eigenvalue weighted by molar-refractivity contribution is 5.92. The van der Waals surface area contributed by atoms with Crippen LogP contribution in [-0.4, -0.2) is 36.5 Å². The lowest BCUT2D eigenvalue weighted by atomic mass is 10.0. The molecular weight excluding hydrogens is 286 g/mol. The SMILES string of the molecule is CC(C)c1cccc(NC(=O)CN2CCC[C@@H](N)C2)c1.Cl. The molecule has 2 rings (SSSR count). The molecule has 1 fully saturated rings. The fraction of sp³-hybridized carbons (Fsp3) is 0.562. The van der Waals surface area contributed by atoms with Crippen molar-refractivity contribution >= 4 is 24.0 Å². The molecule has 21 heavy (non-hydrogen) atoms. The van der Waals surface area contributed by atoms with Gasteiger partial charge in [-0.3, -0.25) is 9.69 Å². The van der Waals surface area contributed by atoms with Gasteiger partial charge in [-0.05, 0) is 43.0 Å². The number of hydrogen-bond donors (Lipinski definition) is 2. The minimum absolute atomic E-state index is 0. The van der Waals surface area contributed by atoms with Crippen molar-refractivity contribution in [1.82, 2.24) is 4.90 Å². The number of nitrogens with zero attached hydrogens (tertiary/aromatic N) is 1. The molecule has 0 bridgehead atoms. The molecule has 3 N–H and O–H groups in total. The number of rotatable bonds is 4. The third-order valence-electron chi connectivity index (χ3n) is 3.75. The van der Waals surface area contributed by atoms with Crippen molar-refractivity contribution in [3.8, 4) is 0 Å². The molecule has 0 aliphatic carbocycles. The van der Waals surface area contributed by atoms with Crippen LogP contribution in [0.25, 0.3) is 0 Å². The van der Waals surface area contributed by atoms with Gasteiger partial charge in [-0.15, -0.1) is 12.4 Å². The van der Waals surface area contributed by atoms with E-state index in [4.69, 9.17) is 5.73 Å². The predicted octanol–water partition coefficient (Wildman–Crippen LogP) is 2.59. The van der Waals surface area contributed by atoms with Gasteiger partial charge in [-0.25, -0.2) is 0 Å². The Morgan fingerprint density at radius 3 is 2.90 bits per heavy atom. The first kappa shape index (κ1) is 18.0. The normalized spacial score (nSPS) is 19.1. The maximum absolute atomic E-state index is 12.1. The molecule has 118 valence electrons. The summed E-state index contributed by atoms with van der Waals surface area (Å²) in [6.45, 7) is 6.51. The summed E-state index contributed by atoms with van der Waals surface area (Å²) in [4.78, 5) is 14.2. The number of piperidine rings is 1. The summed E-state index contributed by atoms with van der Waals surface area (Å²) in [6.07, 6.45) is 2.14. The average molecular weight is 312 g/mol. The summed E-state index contributed by atoms with van der Waals surface area (Å²) >= 11 is 0. The number of carbonyl (C=O) groups is 1. The second kappa shape index (κ2) is 8.37. The minimum atomic E-state index is 0. The van der Waals surface area contributed by atoms with Crippen LogP contribution in [-0.2, 0) is 4.79 Å². The molecule has 1 aromatic carbocycles. The highest BCUT2D eigenvalue weighted by atomic mass is 35.5. The van der Waals surface area contributed by atoms with Crippen molar-refractivity contribution in [1.29, 1.82) is 0 Å². The molecule has 4 nitrogen and oxygen atoms in total. The second-order valence-corrected chi connectivity index (χ2v) is 5.97. The monoisotopic (exact) mass is 311 g/mol. The molecule has 0 radical (unpaired) electrons. The smallest absolute Gasteiger partial charge is 0.238 e. The molecule has 1 heterocycles. The average Bonchev–Trinajstić information content (AvgIpc) is 2.38. The summed E-state index contributed by atoms with van der Waals surface area (Å²) < 4.78 is 0. The fourth-order valence-electron chi connectivity index (χ4n) is 2.61. The first-order chi connectivity index (χ1) is 9.54. The van der Waals surface area contributed by atoms with E-state index in [1.165, 1.54) is 5.56 Å². The summed E-state index contributed by atoms with van der Waals surface area (Å²) in [5.74, 6) is 0.506. The van der Waals surface area contributed by atoms with Crippen molar-refractivity contribution in [3.05, 3.63) is 29.8 Å². The molecule has 0 spiro atoms. The summed E-state index contributed by atoms with van der Waals surface area (Å²) in [5, 5.41) is 2.98. The molecule has 1 aliphatic rings. The Hall–Kier alpha value is -1.10. The molecule has 0 aromatic heterocycles. The number of anilines is 1. The van der Waals surface area contributed by atoms with Crippen LogP contribution in [0.2, 0.25) is 0 Å². The van der Waals surface area contributed by atoms with Gasteiger partial charge in [0.25, 0.3) is 0 Å². The Bertz CT molecular complexity index is 465. The molecule has 0 unspecified atom stereocenters. The fourth-order valence-corrected chi connectivity index (χ4v) is 2.61. The highest BCUT2D eigenvalue weighted by Crippen LogP contribution is 2.18. The van der Waals surface area contributed by atoms with Gasteiger partial charge >= 0.3 is 0 Å². The van der Waals surface area contributed by atoms with Crippen molar-refractivity contribution in [3.63, 3.8) is 0 Å². The van der Waals surface area contributed by atoms with E-state index < -0.39 is 0 Å². The van der Waals surface area contributed by atoms with E-state index in [0.29, 0.717) is 12.5 Å². The molecule has 0 saturated carbocycles. The van der Waals surface area contributed by atoms with E-state index in [1.54, 1.807) is 0 Å². The number of nitrogens with one attached hydrogen (secondary N) is 1. The molecule has 1 aliphatic heterocycles. The van der Waals surface area contributed by atoms with Crippen LogP contribution >= 0.6 is 12.4 Å². The summed E-state index contributed by atoms with van der Waals surface area (Å²) in [6, 6.07) is 8.27. The van der Waals surface area contributed by atoms with Crippen molar-refractivity contribution in [2.45, 2.75) is 38.6 Å². The first-order valence-corrected chi connectivity index (χ1v) is 7.42. The highest BCUT2D eigenvalue weighted by Gasteiger charge is 2.18. The van der Waals surface area contributed by atoms with E-state index >= 15 is 0 Å². The lowest BCUT2D eigenvalue weighted by Gasteiger charge is -2.29. The first-order valence-electron chi connectivity index (χ1n) is 7.42. The number of amides is 1. The zero-order valence-corrected chi connectivity index (χ0v) is 13.7. The Morgan fingerprint density at radius 2 is 2.24 bits per heavy atom. The van der Waals surface area contributed by atoms with Crippen LogP contribution in [0.4, 0.5) is 5.69 Å². The Kier molecular flexibility index (Phi) is 7.15. The number of halogens is 1. The van der Waals surface area contributed by atoms with Crippen LogP contribution in [0.15, 0.2) is 24.3 Å². The summed E-state index contributed by atoms with van der Waals surface area (Å²) in [5.41, 5.74) is 8.05.